The van der Waals surface area contributed by atoms with Crippen LogP contribution >= 0.6 is 11.8 Å². The number of benzene rings is 2. The van der Waals surface area contributed by atoms with E-state index in [0.29, 0.717) is 13.2 Å². The number of rotatable bonds is 2. The third kappa shape index (κ3) is 2.42. The van der Waals surface area contributed by atoms with Crippen LogP contribution in [0, 0.1) is 11.7 Å². The van der Waals surface area contributed by atoms with Crippen LogP contribution in [0.2, 0.25) is 0 Å². The molecule has 22 heavy (non-hydrogen) atoms. The van der Waals surface area contributed by atoms with Crippen molar-refractivity contribution in [2.24, 2.45) is 5.92 Å². The number of ether oxygens (including phenoxy) is 1. The summed E-state index contributed by atoms with van der Waals surface area (Å²) in [5, 5.41) is 8.16. The SMILES string of the molecule is O=C(NC1Nc2ccc3cc(F)ccc3c2S1)[C@@H]1CCOC1. The normalized spacial score (nSPS) is 23.3. The van der Waals surface area contributed by atoms with Gasteiger partial charge in [0, 0.05) is 11.5 Å². The van der Waals surface area contributed by atoms with Crippen LogP contribution in [0.25, 0.3) is 10.8 Å². The van der Waals surface area contributed by atoms with Gasteiger partial charge >= 0.3 is 0 Å². The molecule has 2 aromatic rings. The molecule has 2 heterocycles. The maximum atomic E-state index is 13.3. The van der Waals surface area contributed by atoms with Gasteiger partial charge in [0.15, 0.2) is 5.50 Å². The van der Waals surface area contributed by atoms with Crippen molar-refractivity contribution >= 4 is 34.1 Å². The van der Waals surface area contributed by atoms with Gasteiger partial charge in [0.25, 0.3) is 0 Å². The van der Waals surface area contributed by atoms with Crippen molar-refractivity contribution < 1.29 is 13.9 Å². The van der Waals surface area contributed by atoms with Gasteiger partial charge in [-0.1, -0.05) is 23.9 Å². The van der Waals surface area contributed by atoms with Crippen LogP contribution in [0.1, 0.15) is 6.42 Å². The van der Waals surface area contributed by atoms with E-state index < -0.39 is 0 Å². The lowest BCUT2D eigenvalue weighted by molar-refractivity contribution is -0.125. The van der Waals surface area contributed by atoms with Gasteiger partial charge in [-0.3, -0.25) is 4.79 Å². The Balaban J connectivity index is 1.55. The maximum Gasteiger partial charge on any atom is 0.227 e. The predicted molar refractivity (Wildman–Crippen MR) is 84.2 cm³/mol. The van der Waals surface area contributed by atoms with Crippen LogP contribution < -0.4 is 10.6 Å². The fourth-order valence-electron chi connectivity index (χ4n) is 2.86. The molecule has 1 saturated heterocycles. The van der Waals surface area contributed by atoms with Crippen LogP contribution in [-0.4, -0.2) is 24.6 Å². The highest BCUT2D eigenvalue weighted by atomic mass is 32.2. The number of thioether (sulfide) groups is 1. The molecule has 2 aliphatic rings. The van der Waals surface area contributed by atoms with Gasteiger partial charge in [0.1, 0.15) is 5.82 Å². The van der Waals surface area contributed by atoms with Crippen molar-refractivity contribution in [3.8, 4) is 0 Å². The molecule has 4 nitrogen and oxygen atoms in total. The number of carbonyl (C=O) groups excluding carboxylic acids is 1. The average Bonchev–Trinajstić information content (AvgIpc) is 3.15. The molecular weight excluding hydrogens is 303 g/mol. The number of hydrogen-bond acceptors (Lipinski definition) is 4. The molecule has 1 amide bonds. The van der Waals surface area contributed by atoms with E-state index in [2.05, 4.69) is 10.6 Å². The molecule has 2 atom stereocenters. The topological polar surface area (TPSA) is 50.4 Å². The number of halogens is 1. The summed E-state index contributed by atoms with van der Waals surface area (Å²) < 4.78 is 18.6. The van der Waals surface area contributed by atoms with Crippen molar-refractivity contribution in [2.75, 3.05) is 18.5 Å². The minimum atomic E-state index is -0.241. The van der Waals surface area contributed by atoms with E-state index in [4.69, 9.17) is 4.74 Å². The van der Waals surface area contributed by atoms with Gasteiger partial charge in [-0.25, -0.2) is 4.39 Å². The quantitative estimate of drug-likeness (QED) is 0.894. The first kappa shape index (κ1) is 13.8. The first-order valence-electron chi connectivity index (χ1n) is 7.24. The Bertz CT molecular complexity index is 746. The zero-order valence-electron chi connectivity index (χ0n) is 11.8. The van der Waals surface area contributed by atoms with Crippen molar-refractivity contribution in [1.29, 1.82) is 0 Å². The van der Waals surface area contributed by atoms with E-state index in [1.54, 1.807) is 17.8 Å². The Morgan fingerprint density at radius 1 is 1.36 bits per heavy atom. The fraction of sp³-hybridized carbons (Fsp3) is 0.312. The first-order chi connectivity index (χ1) is 10.7. The first-order valence-corrected chi connectivity index (χ1v) is 8.12. The number of nitrogens with one attached hydrogen (secondary N) is 2. The summed E-state index contributed by atoms with van der Waals surface area (Å²) in [5.74, 6) is -0.280. The molecule has 0 saturated carbocycles. The molecule has 114 valence electrons. The van der Waals surface area contributed by atoms with Crippen LogP contribution in [0.15, 0.2) is 35.2 Å². The monoisotopic (exact) mass is 318 g/mol. The second kappa shape index (κ2) is 5.44. The summed E-state index contributed by atoms with van der Waals surface area (Å²) in [6.07, 6.45) is 0.776. The molecule has 2 aromatic carbocycles. The van der Waals surface area contributed by atoms with E-state index in [1.807, 2.05) is 12.1 Å². The number of amides is 1. The summed E-state index contributed by atoms with van der Waals surface area (Å²) in [6.45, 7) is 1.15. The Morgan fingerprint density at radius 2 is 2.27 bits per heavy atom. The van der Waals surface area contributed by atoms with E-state index >= 15 is 0 Å². The summed E-state index contributed by atoms with van der Waals surface area (Å²) in [4.78, 5) is 13.2. The molecule has 0 radical (unpaired) electrons. The Hall–Kier alpha value is -1.79. The van der Waals surface area contributed by atoms with Gasteiger partial charge < -0.3 is 15.4 Å². The molecule has 2 N–H and O–H groups in total. The van der Waals surface area contributed by atoms with Crippen LogP contribution in [0.3, 0.4) is 0 Å². The Labute approximate surface area is 131 Å². The highest BCUT2D eigenvalue weighted by molar-refractivity contribution is 8.00. The van der Waals surface area contributed by atoms with E-state index in [-0.39, 0.29) is 23.1 Å². The molecule has 0 spiro atoms. The molecule has 1 fully saturated rings. The standard InChI is InChI=1S/C16H15FN2O2S/c17-11-2-3-12-9(7-11)1-4-13-14(12)22-16(18-13)19-15(20)10-5-6-21-8-10/h1-4,7,10,16,18H,5-6,8H2,(H,19,20)/t10-,16?/m1/s1. The molecule has 4 rings (SSSR count). The predicted octanol–water partition coefficient (Wildman–Crippen LogP) is 2.93. The van der Waals surface area contributed by atoms with Crippen LogP contribution in [0.5, 0.6) is 0 Å². The van der Waals surface area contributed by atoms with Gasteiger partial charge in [-0.05, 0) is 35.4 Å². The second-order valence-electron chi connectivity index (χ2n) is 5.52. The van der Waals surface area contributed by atoms with Gasteiger partial charge in [0.05, 0.1) is 18.2 Å². The third-order valence-electron chi connectivity index (χ3n) is 4.03. The Kier molecular flexibility index (Phi) is 3.43. The minimum absolute atomic E-state index is 0.0191. The van der Waals surface area contributed by atoms with Crippen molar-refractivity contribution in [3.05, 3.63) is 36.1 Å². The number of fused-ring (bicyclic) bond motifs is 3. The van der Waals surface area contributed by atoms with Gasteiger partial charge in [-0.2, -0.15) is 0 Å². The molecular formula is C16H15FN2O2S. The van der Waals surface area contributed by atoms with Crippen molar-refractivity contribution in [1.82, 2.24) is 5.32 Å². The van der Waals surface area contributed by atoms with Crippen LogP contribution in [-0.2, 0) is 9.53 Å². The number of anilines is 1. The minimum Gasteiger partial charge on any atom is -0.381 e. The van der Waals surface area contributed by atoms with Crippen molar-refractivity contribution in [2.45, 2.75) is 16.8 Å². The fourth-order valence-corrected chi connectivity index (χ4v) is 4.02. The summed E-state index contributed by atoms with van der Waals surface area (Å²) in [5.41, 5.74) is 0.774. The Morgan fingerprint density at radius 3 is 3.09 bits per heavy atom. The molecule has 0 bridgehead atoms. The van der Waals surface area contributed by atoms with E-state index in [0.717, 1.165) is 27.8 Å². The van der Waals surface area contributed by atoms with Crippen molar-refractivity contribution in [3.63, 3.8) is 0 Å². The van der Waals surface area contributed by atoms with E-state index in [9.17, 15) is 9.18 Å². The highest BCUT2D eigenvalue weighted by Gasteiger charge is 2.29. The van der Waals surface area contributed by atoms with E-state index in [1.165, 1.54) is 12.1 Å². The van der Waals surface area contributed by atoms with Crippen LogP contribution in [0.4, 0.5) is 10.1 Å². The smallest absolute Gasteiger partial charge is 0.227 e. The largest absolute Gasteiger partial charge is 0.381 e. The number of hydrogen-bond donors (Lipinski definition) is 2. The lowest BCUT2D eigenvalue weighted by atomic mass is 10.1. The zero-order valence-corrected chi connectivity index (χ0v) is 12.6. The lowest BCUT2D eigenvalue weighted by Crippen LogP contribution is -2.39. The maximum absolute atomic E-state index is 13.3. The average molecular weight is 318 g/mol. The lowest BCUT2D eigenvalue weighted by Gasteiger charge is -2.15. The number of carbonyl (C=O) groups is 1. The summed E-state index contributed by atoms with van der Waals surface area (Å²) in [7, 11) is 0. The summed E-state index contributed by atoms with van der Waals surface area (Å²) >= 11 is 1.55. The molecule has 6 heteroatoms. The van der Waals surface area contributed by atoms with Gasteiger partial charge in [-0.15, -0.1) is 0 Å². The molecule has 0 aliphatic carbocycles. The summed E-state index contributed by atoms with van der Waals surface area (Å²) in [6, 6.07) is 8.59. The third-order valence-corrected chi connectivity index (χ3v) is 5.18. The molecule has 0 aromatic heterocycles. The molecule has 1 unspecified atom stereocenters. The zero-order chi connectivity index (χ0) is 15.1. The highest BCUT2D eigenvalue weighted by Crippen LogP contribution is 2.42. The molecule has 2 aliphatic heterocycles. The van der Waals surface area contributed by atoms with Gasteiger partial charge in [0.2, 0.25) is 5.91 Å². The second-order valence-corrected chi connectivity index (χ2v) is 6.63.